The predicted molar refractivity (Wildman–Crippen MR) is 75.9 cm³/mol. The lowest BCUT2D eigenvalue weighted by Gasteiger charge is -2.13. The number of rotatable bonds is 5. The van der Waals surface area contributed by atoms with Crippen molar-refractivity contribution >= 4 is 28.3 Å². The van der Waals surface area contributed by atoms with Crippen LogP contribution in [0, 0.1) is 0 Å². The Bertz CT molecular complexity index is 647. The predicted octanol–water partition coefficient (Wildman–Crippen LogP) is 1.42. The number of carboxylic acids is 1. The quantitative estimate of drug-likeness (QED) is 0.634. The lowest BCUT2D eigenvalue weighted by atomic mass is 10.1. The van der Waals surface area contributed by atoms with Gasteiger partial charge in [0.05, 0.1) is 5.69 Å². The first-order valence-corrected chi connectivity index (χ1v) is 6.28. The Balaban J connectivity index is 2.18. The van der Waals surface area contributed by atoms with Crippen LogP contribution in [0.25, 0.3) is 10.8 Å². The molecule has 3 N–H and O–H groups in total. The number of hydrogen-bond acceptors (Lipinski definition) is 4. The summed E-state index contributed by atoms with van der Waals surface area (Å²) in [5.74, 6) is -1.47. The van der Waals surface area contributed by atoms with Crippen LogP contribution in [-0.4, -0.2) is 23.0 Å². The maximum atomic E-state index is 11.8. The minimum Gasteiger partial charge on any atom is -0.862 e. The van der Waals surface area contributed by atoms with Crippen molar-refractivity contribution in [3.8, 4) is 0 Å². The van der Waals surface area contributed by atoms with E-state index in [1.165, 1.54) is 0 Å². The first-order valence-electron chi connectivity index (χ1n) is 6.28. The summed E-state index contributed by atoms with van der Waals surface area (Å²) in [4.78, 5) is 14.6. The minimum absolute atomic E-state index is 0.0245. The molecule has 2 rings (SSSR count). The van der Waals surface area contributed by atoms with Gasteiger partial charge in [-0.1, -0.05) is 36.4 Å². The van der Waals surface area contributed by atoms with Crippen LogP contribution in [0.15, 0.2) is 47.5 Å². The fourth-order valence-electron chi connectivity index (χ4n) is 1.90. The fourth-order valence-corrected chi connectivity index (χ4v) is 1.90. The smallest absolute Gasteiger partial charge is 0.320 e. The molecule has 1 atom stereocenters. The van der Waals surface area contributed by atoms with Crippen LogP contribution in [0.2, 0.25) is 0 Å². The summed E-state index contributed by atoms with van der Waals surface area (Å²) < 4.78 is 0. The average Bonchev–Trinajstić information content (AvgIpc) is 2.45. The molecule has 5 heteroatoms. The standard InChI is InChI=1S/C15H16N2O3/c16-12(15(19)20)8-9-14(18)17-13-7-3-5-10-4-1-2-6-11(10)13/h1-7,12H,8-9,16H2,(H,17,18)(H,19,20)/p-1/t12-/m0/s1. The largest absolute Gasteiger partial charge is 0.862 e. The molecule has 0 spiro atoms. The lowest BCUT2D eigenvalue weighted by molar-refractivity contribution is -0.218. The highest BCUT2D eigenvalue weighted by molar-refractivity contribution is 5.94. The van der Waals surface area contributed by atoms with Crippen molar-refractivity contribution in [1.82, 2.24) is 0 Å². The van der Waals surface area contributed by atoms with Crippen LogP contribution in [0.3, 0.4) is 0 Å². The number of carbonyl (C=O) groups is 1. The zero-order valence-electron chi connectivity index (χ0n) is 10.8. The molecular weight excluding hydrogens is 256 g/mol. The van der Waals surface area contributed by atoms with Crippen molar-refractivity contribution in [2.24, 2.45) is 10.7 Å². The van der Waals surface area contributed by atoms with E-state index >= 15 is 0 Å². The number of nitrogens with zero attached hydrogens (tertiary/aromatic N) is 1. The summed E-state index contributed by atoms with van der Waals surface area (Å²) in [6.07, 6.45) is 0.110. The van der Waals surface area contributed by atoms with E-state index in [4.69, 9.17) is 10.8 Å². The van der Waals surface area contributed by atoms with Crippen LogP contribution in [0.1, 0.15) is 12.8 Å². The van der Waals surface area contributed by atoms with Gasteiger partial charge in [0.1, 0.15) is 6.04 Å². The molecule has 0 fully saturated rings. The Morgan fingerprint density at radius 2 is 1.95 bits per heavy atom. The van der Waals surface area contributed by atoms with E-state index in [0.717, 1.165) is 10.8 Å². The first-order chi connectivity index (χ1) is 9.58. The van der Waals surface area contributed by atoms with Gasteiger partial charge in [-0.2, -0.15) is 0 Å². The number of hydrogen-bond donors (Lipinski definition) is 2. The van der Waals surface area contributed by atoms with Crippen molar-refractivity contribution in [3.63, 3.8) is 0 Å². The minimum atomic E-state index is -1.11. The summed E-state index contributed by atoms with van der Waals surface area (Å²) in [6.45, 7) is 0. The van der Waals surface area contributed by atoms with Gasteiger partial charge >= 0.3 is 5.97 Å². The molecule has 0 heterocycles. The molecule has 0 aliphatic carbocycles. The highest BCUT2D eigenvalue weighted by Crippen LogP contribution is 2.25. The highest BCUT2D eigenvalue weighted by atomic mass is 16.4. The summed E-state index contributed by atoms with van der Waals surface area (Å²) in [5, 5.41) is 22.3. The van der Waals surface area contributed by atoms with Gasteiger partial charge in [-0.15, -0.1) is 0 Å². The number of aliphatic carboxylic acids is 1. The van der Waals surface area contributed by atoms with Gasteiger partial charge in [0.2, 0.25) is 0 Å². The Hall–Kier alpha value is -2.40. The van der Waals surface area contributed by atoms with Crippen molar-refractivity contribution < 1.29 is 15.0 Å². The number of nitrogens with two attached hydrogens (primary N) is 1. The van der Waals surface area contributed by atoms with Gasteiger partial charge in [-0.05, 0) is 30.2 Å². The Labute approximate surface area is 116 Å². The number of aliphatic imine (C=N–C) groups is 1. The number of benzene rings is 2. The molecule has 0 aliphatic rings. The molecular formula is C15H15N2O3-. The van der Waals surface area contributed by atoms with Gasteiger partial charge in [-0.25, -0.2) is 0 Å². The molecule has 0 aliphatic heterocycles. The molecule has 20 heavy (non-hydrogen) atoms. The van der Waals surface area contributed by atoms with Crippen molar-refractivity contribution in [1.29, 1.82) is 0 Å². The molecule has 2 aromatic carbocycles. The van der Waals surface area contributed by atoms with E-state index in [9.17, 15) is 9.90 Å². The Kier molecular flexibility index (Phi) is 4.32. The zero-order valence-corrected chi connectivity index (χ0v) is 10.8. The molecule has 0 radical (unpaired) electrons. The molecule has 2 aromatic rings. The third kappa shape index (κ3) is 3.33. The summed E-state index contributed by atoms with van der Waals surface area (Å²) >= 11 is 0. The Morgan fingerprint density at radius 1 is 1.25 bits per heavy atom. The SMILES string of the molecule is N[C@@H](CCC([O-])=Nc1cccc2ccccc12)C(=O)O. The van der Waals surface area contributed by atoms with Crippen molar-refractivity contribution in [2.75, 3.05) is 0 Å². The number of carboxylic acid groups (broad SMARTS) is 1. The van der Waals surface area contributed by atoms with Gasteiger partial charge in [-0.3, -0.25) is 9.79 Å². The third-order valence-electron chi connectivity index (χ3n) is 3.00. The maximum Gasteiger partial charge on any atom is 0.320 e. The van der Waals surface area contributed by atoms with Crippen LogP contribution in [0.4, 0.5) is 5.69 Å². The zero-order chi connectivity index (χ0) is 14.5. The Morgan fingerprint density at radius 3 is 2.70 bits per heavy atom. The normalized spacial score (nSPS) is 13.3. The van der Waals surface area contributed by atoms with Crippen LogP contribution in [0.5, 0.6) is 0 Å². The molecule has 0 amide bonds. The molecule has 104 valence electrons. The van der Waals surface area contributed by atoms with Crippen molar-refractivity contribution in [2.45, 2.75) is 18.9 Å². The topological polar surface area (TPSA) is 98.7 Å². The monoisotopic (exact) mass is 271 g/mol. The molecule has 0 unspecified atom stereocenters. The van der Waals surface area contributed by atoms with E-state index in [-0.39, 0.29) is 18.7 Å². The molecule has 0 aromatic heterocycles. The molecule has 0 bridgehead atoms. The summed E-state index contributed by atoms with van der Waals surface area (Å²) in [5.41, 5.74) is 5.95. The van der Waals surface area contributed by atoms with E-state index in [0.29, 0.717) is 5.69 Å². The van der Waals surface area contributed by atoms with Crippen LogP contribution >= 0.6 is 0 Å². The van der Waals surface area contributed by atoms with Crippen LogP contribution in [-0.2, 0) is 4.79 Å². The lowest BCUT2D eigenvalue weighted by Crippen LogP contribution is -2.32. The van der Waals surface area contributed by atoms with E-state index in [1.807, 2.05) is 36.4 Å². The molecule has 0 saturated carbocycles. The fraction of sp³-hybridized carbons (Fsp3) is 0.200. The highest BCUT2D eigenvalue weighted by Gasteiger charge is 2.10. The summed E-state index contributed by atoms with van der Waals surface area (Å²) in [6, 6.07) is 12.1. The second-order valence-electron chi connectivity index (χ2n) is 4.49. The maximum absolute atomic E-state index is 11.8. The first kappa shape index (κ1) is 14.0. The molecule has 5 nitrogen and oxygen atoms in total. The average molecular weight is 271 g/mol. The molecule has 0 saturated heterocycles. The van der Waals surface area contributed by atoms with E-state index in [2.05, 4.69) is 4.99 Å². The third-order valence-corrected chi connectivity index (χ3v) is 3.00. The second kappa shape index (κ2) is 6.16. The second-order valence-corrected chi connectivity index (χ2v) is 4.49. The van der Waals surface area contributed by atoms with E-state index in [1.54, 1.807) is 6.07 Å². The van der Waals surface area contributed by atoms with Gasteiger partial charge in [0.25, 0.3) is 0 Å². The van der Waals surface area contributed by atoms with Gasteiger partial charge < -0.3 is 15.9 Å². The van der Waals surface area contributed by atoms with Crippen molar-refractivity contribution in [3.05, 3.63) is 42.5 Å². The van der Waals surface area contributed by atoms with Crippen LogP contribution < -0.4 is 10.8 Å². The summed E-state index contributed by atoms with van der Waals surface area (Å²) in [7, 11) is 0. The van der Waals surface area contributed by atoms with Gasteiger partial charge in [0, 0.05) is 5.39 Å². The van der Waals surface area contributed by atoms with Gasteiger partial charge in [0.15, 0.2) is 0 Å². The van der Waals surface area contributed by atoms with E-state index < -0.39 is 12.0 Å². The number of fused-ring (bicyclic) bond motifs is 1.